The van der Waals surface area contributed by atoms with Crippen LogP contribution in [0.1, 0.15) is 142 Å². The highest BCUT2D eigenvalue weighted by molar-refractivity contribution is 5.91. The van der Waals surface area contributed by atoms with Crippen molar-refractivity contribution in [3.8, 4) is 0 Å². The van der Waals surface area contributed by atoms with E-state index in [9.17, 15) is 35.9 Å². The highest BCUT2D eigenvalue weighted by atomic mass is 19.4. The molecule has 2 aliphatic carbocycles. The van der Waals surface area contributed by atoms with Crippen LogP contribution in [0.3, 0.4) is 0 Å². The summed E-state index contributed by atoms with van der Waals surface area (Å²) in [6, 6.07) is 31.4. The lowest BCUT2D eigenvalue weighted by Gasteiger charge is -2.29. The number of nitrogens with one attached hydrogen (secondary N) is 1. The van der Waals surface area contributed by atoms with E-state index in [4.69, 9.17) is 11.5 Å². The number of benzene rings is 4. The first kappa shape index (κ1) is 53.3. The molecule has 0 radical (unpaired) electrons. The lowest BCUT2D eigenvalue weighted by Crippen LogP contribution is -2.29. The van der Waals surface area contributed by atoms with Crippen molar-refractivity contribution in [3.63, 3.8) is 0 Å². The van der Waals surface area contributed by atoms with Crippen LogP contribution in [-0.2, 0) is 71.3 Å². The SMILES string of the molecule is CN1CCC(c2ccc(Cc3ncc(C(F)(F)F)c(CCc4ccccc4C4(C(N)=O)CC4)n3)cc2)CC1.NC(=O)C1(c2ccccc2CCc2nc(Cc3ccc(C4CCNCC4)cc3)ncc2C(F)(F)F)CC1. The monoisotopic (exact) mass is 1030 g/mol. The number of aromatic nitrogens is 4. The van der Waals surface area contributed by atoms with Crippen LogP contribution in [0.4, 0.5) is 26.3 Å². The van der Waals surface area contributed by atoms with E-state index in [1.807, 2.05) is 72.8 Å². The molecule has 4 fully saturated rings. The number of halogens is 6. The zero-order chi connectivity index (χ0) is 53.0. The Hall–Kier alpha value is -6.52. The molecule has 10 rings (SSSR count). The molecule has 16 heteroatoms. The molecule has 0 bridgehead atoms. The second-order valence-corrected chi connectivity index (χ2v) is 20.9. The van der Waals surface area contributed by atoms with E-state index in [1.165, 1.54) is 11.1 Å². The number of nitrogens with two attached hydrogens (primary N) is 2. The second-order valence-electron chi connectivity index (χ2n) is 20.9. The molecule has 4 aliphatic rings. The Bertz CT molecular complexity index is 2960. The summed E-state index contributed by atoms with van der Waals surface area (Å²) in [5, 5.41) is 3.37. The first-order valence-electron chi connectivity index (χ1n) is 26.1. The van der Waals surface area contributed by atoms with Crippen LogP contribution in [0.15, 0.2) is 109 Å². The molecule has 2 saturated carbocycles. The van der Waals surface area contributed by atoms with Gasteiger partial charge in [0.2, 0.25) is 11.8 Å². The summed E-state index contributed by atoms with van der Waals surface area (Å²) in [5.41, 5.74) is 16.1. The molecule has 394 valence electrons. The molecular weight excluding hydrogens is 967 g/mol. The highest BCUT2D eigenvalue weighted by Gasteiger charge is 2.52. The fourth-order valence-corrected chi connectivity index (χ4v) is 11.1. The van der Waals surface area contributed by atoms with Crippen LogP contribution < -0.4 is 16.8 Å². The average Bonchev–Trinajstić information content (AvgIpc) is 4.36. The number of nitrogens with zero attached hydrogens (tertiary/aromatic N) is 5. The Kier molecular flexibility index (Phi) is 15.9. The van der Waals surface area contributed by atoms with E-state index < -0.39 is 34.3 Å². The summed E-state index contributed by atoms with van der Waals surface area (Å²) in [7, 11) is 2.14. The fraction of sp³-hybridized carbons (Fsp3) is 0.424. The van der Waals surface area contributed by atoms with Crippen molar-refractivity contribution in [2.45, 2.75) is 125 Å². The highest BCUT2D eigenvalue weighted by Crippen LogP contribution is 2.50. The van der Waals surface area contributed by atoms with Crippen molar-refractivity contribution in [1.82, 2.24) is 30.2 Å². The normalized spacial score (nSPS) is 17.7. The molecule has 4 aromatic carbocycles. The lowest BCUT2D eigenvalue weighted by atomic mass is 9.88. The Labute approximate surface area is 434 Å². The maximum Gasteiger partial charge on any atom is 0.419 e. The average molecular weight is 1030 g/mol. The minimum Gasteiger partial charge on any atom is -0.369 e. The van der Waals surface area contributed by atoms with Gasteiger partial charge in [0.25, 0.3) is 0 Å². The van der Waals surface area contributed by atoms with Gasteiger partial charge in [-0.15, -0.1) is 0 Å². The third-order valence-corrected chi connectivity index (χ3v) is 15.9. The number of hydrogen-bond acceptors (Lipinski definition) is 8. The Morgan fingerprint density at radius 3 is 1.33 bits per heavy atom. The van der Waals surface area contributed by atoms with Crippen molar-refractivity contribution >= 4 is 11.8 Å². The molecule has 2 aliphatic heterocycles. The molecule has 2 aromatic heterocycles. The smallest absolute Gasteiger partial charge is 0.369 e. The van der Waals surface area contributed by atoms with Crippen molar-refractivity contribution in [3.05, 3.63) is 188 Å². The van der Waals surface area contributed by atoms with Crippen LogP contribution in [0.25, 0.3) is 0 Å². The van der Waals surface area contributed by atoms with Crippen molar-refractivity contribution < 1.29 is 35.9 Å². The predicted octanol–water partition coefficient (Wildman–Crippen LogP) is 10.1. The number of carbonyl (C=O) groups excluding carboxylic acids is 2. The van der Waals surface area contributed by atoms with Gasteiger partial charge in [-0.2, -0.15) is 26.3 Å². The number of alkyl halides is 6. The number of primary amides is 2. The number of rotatable bonds is 16. The van der Waals surface area contributed by atoms with Crippen LogP contribution in [0, 0.1) is 0 Å². The first-order chi connectivity index (χ1) is 35.9. The van der Waals surface area contributed by atoms with Gasteiger partial charge in [-0.3, -0.25) is 9.59 Å². The molecule has 0 unspecified atom stereocenters. The van der Waals surface area contributed by atoms with E-state index in [1.54, 1.807) is 0 Å². The van der Waals surface area contributed by atoms with E-state index in [0.29, 0.717) is 74.9 Å². The lowest BCUT2D eigenvalue weighted by molar-refractivity contribution is -0.139. The van der Waals surface area contributed by atoms with E-state index in [0.717, 1.165) is 97.6 Å². The maximum absolute atomic E-state index is 13.8. The van der Waals surface area contributed by atoms with Crippen LogP contribution in [0.2, 0.25) is 0 Å². The summed E-state index contributed by atoms with van der Waals surface area (Å²) in [4.78, 5) is 43.4. The zero-order valence-electron chi connectivity index (χ0n) is 42.2. The molecule has 2 amide bonds. The van der Waals surface area contributed by atoms with Crippen LogP contribution in [0.5, 0.6) is 0 Å². The molecule has 75 heavy (non-hydrogen) atoms. The number of aryl methyl sites for hydroxylation is 4. The summed E-state index contributed by atoms with van der Waals surface area (Å²) in [5.74, 6) is 1.04. The summed E-state index contributed by atoms with van der Waals surface area (Å²) in [6.07, 6.45) is 1.41. The van der Waals surface area contributed by atoms with Crippen LogP contribution >= 0.6 is 0 Å². The van der Waals surface area contributed by atoms with Crippen molar-refractivity contribution in [2.75, 3.05) is 33.2 Å². The molecule has 4 heterocycles. The first-order valence-corrected chi connectivity index (χ1v) is 26.1. The topological polar surface area (TPSA) is 153 Å². The molecule has 5 N–H and O–H groups in total. The van der Waals surface area contributed by atoms with Gasteiger partial charge in [0.1, 0.15) is 11.6 Å². The number of hydrogen-bond donors (Lipinski definition) is 3. The summed E-state index contributed by atoms with van der Waals surface area (Å²) < 4.78 is 82.8. The van der Waals surface area contributed by atoms with Gasteiger partial charge in [0.05, 0.1) is 33.3 Å². The quantitative estimate of drug-likeness (QED) is 0.0811. The number of carbonyl (C=O) groups is 2. The van der Waals surface area contributed by atoms with Gasteiger partial charge in [0.15, 0.2) is 0 Å². The maximum atomic E-state index is 13.8. The summed E-state index contributed by atoms with van der Waals surface area (Å²) >= 11 is 0. The number of amides is 2. The second kappa shape index (κ2) is 22.4. The van der Waals surface area contributed by atoms with Gasteiger partial charge < -0.3 is 21.7 Å². The van der Waals surface area contributed by atoms with E-state index in [2.05, 4.69) is 61.5 Å². The predicted molar refractivity (Wildman–Crippen MR) is 275 cm³/mol. The molecule has 0 spiro atoms. The van der Waals surface area contributed by atoms with Crippen molar-refractivity contribution in [1.29, 1.82) is 0 Å². The minimum absolute atomic E-state index is 0.0239. The van der Waals surface area contributed by atoms with Gasteiger partial charge in [-0.1, -0.05) is 97.1 Å². The molecule has 0 atom stereocenters. The van der Waals surface area contributed by atoms with Gasteiger partial charge >= 0.3 is 12.4 Å². The van der Waals surface area contributed by atoms with E-state index >= 15 is 0 Å². The van der Waals surface area contributed by atoms with Gasteiger partial charge in [-0.05, 0) is 167 Å². The fourth-order valence-electron chi connectivity index (χ4n) is 11.1. The van der Waals surface area contributed by atoms with Gasteiger partial charge in [-0.25, -0.2) is 19.9 Å². The Morgan fingerprint density at radius 2 is 0.960 bits per heavy atom. The van der Waals surface area contributed by atoms with Crippen LogP contribution in [-0.4, -0.2) is 69.9 Å². The number of piperidine rings is 2. The minimum atomic E-state index is -4.55. The Morgan fingerprint density at radius 1 is 0.573 bits per heavy atom. The number of likely N-dealkylation sites (tertiary alicyclic amines) is 1. The third-order valence-electron chi connectivity index (χ3n) is 15.9. The van der Waals surface area contributed by atoms with E-state index in [-0.39, 0.29) is 36.0 Å². The molecule has 2 saturated heterocycles. The van der Waals surface area contributed by atoms with Gasteiger partial charge in [0, 0.05) is 25.2 Å². The molecule has 10 nitrogen and oxygen atoms in total. The van der Waals surface area contributed by atoms with Crippen molar-refractivity contribution in [2.24, 2.45) is 11.5 Å². The summed E-state index contributed by atoms with van der Waals surface area (Å²) in [6.45, 7) is 4.20. The standard InChI is InChI=1S/C30H33F3N4O.C29H31F3N4O/c1-37-16-12-22(13-17-37)21-8-6-20(7-9-21)18-27-35-19-25(30(31,32)33)26(36-27)11-10-23-4-2-3-5-24(23)29(14-15-29)28(34)38;30-29(31,32)24-18-35-26(17-19-5-7-20(8-6-19)21-11-15-34-16-12-21)36-25(24)10-9-22-3-1-2-4-23(22)28(13-14-28)27(33)37/h2-9,19,22H,10-18H2,1H3,(H2,34,38);1-8,18,21,34H,9-17H2,(H2,33,37). The molecule has 6 aromatic rings. The third kappa shape index (κ3) is 12.6. The zero-order valence-corrected chi connectivity index (χ0v) is 42.2. The largest absolute Gasteiger partial charge is 0.419 e. The molecular formula is C59H64F6N8O2. The Balaban J connectivity index is 0.000000184.